The highest BCUT2D eigenvalue weighted by Crippen LogP contribution is 2.26. The van der Waals surface area contributed by atoms with E-state index >= 15 is 0 Å². The first-order valence-corrected chi connectivity index (χ1v) is 9.24. The number of allylic oxidation sites excluding steroid dienone is 1. The molecule has 0 bridgehead atoms. The van der Waals surface area contributed by atoms with E-state index in [-0.39, 0.29) is 17.1 Å². The molecule has 6 heteroatoms. The van der Waals surface area contributed by atoms with Crippen LogP contribution in [0.4, 0.5) is 0 Å². The van der Waals surface area contributed by atoms with Gasteiger partial charge in [-0.25, -0.2) is 4.79 Å². The number of carbonyl (C=O) groups excluding carboxylic acids is 2. The molecule has 0 fully saturated rings. The molecule has 2 aromatic carbocycles. The van der Waals surface area contributed by atoms with Crippen LogP contribution in [-0.2, 0) is 0 Å². The number of hydrogen-bond donors (Lipinski definition) is 0. The van der Waals surface area contributed by atoms with Crippen molar-refractivity contribution in [2.45, 2.75) is 0 Å². The summed E-state index contributed by atoms with van der Waals surface area (Å²) < 4.78 is 10.6. The monoisotopic (exact) mass is 398 g/mol. The van der Waals surface area contributed by atoms with Crippen molar-refractivity contribution in [1.82, 2.24) is 0 Å². The number of rotatable bonds is 6. The number of esters is 1. The molecule has 0 radical (unpaired) electrons. The highest BCUT2D eigenvalue weighted by atomic mass is 35.5. The SMILES string of the molecule is COc1cccc(C(=O)Oc2ccc(Cl)cc2C(=O)C=Cc2cccs2)c1. The Bertz CT molecular complexity index is 993. The van der Waals surface area contributed by atoms with Gasteiger partial charge in [0.15, 0.2) is 5.78 Å². The summed E-state index contributed by atoms with van der Waals surface area (Å²) >= 11 is 7.54. The van der Waals surface area contributed by atoms with E-state index in [0.29, 0.717) is 16.3 Å². The zero-order valence-corrected chi connectivity index (χ0v) is 15.9. The van der Waals surface area contributed by atoms with Crippen molar-refractivity contribution in [3.8, 4) is 11.5 Å². The molecule has 3 aromatic rings. The van der Waals surface area contributed by atoms with E-state index in [0.717, 1.165) is 4.88 Å². The number of methoxy groups -OCH3 is 1. The second kappa shape index (κ2) is 8.66. The molecule has 0 saturated heterocycles. The number of benzene rings is 2. The highest BCUT2D eigenvalue weighted by molar-refractivity contribution is 7.10. The first-order valence-electron chi connectivity index (χ1n) is 7.98. The standard InChI is InChI=1S/C21H15ClO4S/c1-25-16-5-2-4-14(12-16)21(24)26-20-10-7-15(22)13-18(20)19(23)9-8-17-6-3-11-27-17/h2-13H,1H3. The lowest BCUT2D eigenvalue weighted by atomic mass is 10.1. The van der Waals surface area contributed by atoms with Crippen molar-refractivity contribution >= 4 is 40.8 Å². The van der Waals surface area contributed by atoms with Gasteiger partial charge in [0.2, 0.25) is 0 Å². The summed E-state index contributed by atoms with van der Waals surface area (Å²) in [6.07, 6.45) is 3.14. The molecule has 136 valence electrons. The van der Waals surface area contributed by atoms with Gasteiger partial charge in [-0.2, -0.15) is 0 Å². The van der Waals surface area contributed by atoms with Crippen molar-refractivity contribution in [1.29, 1.82) is 0 Å². The zero-order valence-electron chi connectivity index (χ0n) is 14.3. The second-order valence-electron chi connectivity index (χ2n) is 5.47. The molecule has 4 nitrogen and oxygen atoms in total. The van der Waals surface area contributed by atoms with Crippen LogP contribution in [0, 0.1) is 0 Å². The summed E-state index contributed by atoms with van der Waals surface area (Å²) in [6.45, 7) is 0. The first-order chi connectivity index (χ1) is 13.1. The number of ketones is 1. The Morgan fingerprint density at radius 2 is 1.93 bits per heavy atom. The van der Waals surface area contributed by atoms with Gasteiger partial charge < -0.3 is 9.47 Å². The van der Waals surface area contributed by atoms with Crippen molar-refractivity contribution in [3.63, 3.8) is 0 Å². The molecule has 0 aliphatic heterocycles. The van der Waals surface area contributed by atoms with Crippen LogP contribution in [0.2, 0.25) is 5.02 Å². The average molecular weight is 399 g/mol. The highest BCUT2D eigenvalue weighted by Gasteiger charge is 2.16. The molecule has 1 aromatic heterocycles. The Balaban J connectivity index is 1.85. The van der Waals surface area contributed by atoms with Crippen LogP contribution in [0.3, 0.4) is 0 Å². The number of ether oxygens (including phenoxy) is 2. The molecular formula is C21H15ClO4S. The van der Waals surface area contributed by atoms with E-state index in [9.17, 15) is 9.59 Å². The van der Waals surface area contributed by atoms with Crippen LogP contribution in [0.5, 0.6) is 11.5 Å². The quantitative estimate of drug-likeness (QED) is 0.237. The maximum Gasteiger partial charge on any atom is 0.343 e. The third-order valence-corrected chi connectivity index (χ3v) is 4.73. The lowest BCUT2D eigenvalue weighted by Crippen LogP contribution is -2.11. The minimum Gasteiger partial charge on any atom is -0.497 e. The second-order valence-corrected chi connectivity index (χ2v) is 6.89. The Morgan fingerprint density at radius 3 is 2.67 bits per heavy atom. The summed E-state index contributed by atoms with van der Waals surface area (Å²) in [4.78, 5) is 26.0. The van der Waals surface area contributed by atoms with Gasteiger partial charge in [0, 0.05) is 9.90 Å². The maximum atomic E-state index is 12.6. The van der Waals surface area contributed by atoms with E-state index < -0.39 is 5.97 Å². The van der Waals surface area contributed by atoms with E-state index in [1.807, 2.05) is 17.5 Å². The van der Waals surface area contributed by atoms with Gasteiger partial charge in [0.1, 0.15) is 11.5 Å². The molecule has 0 N–H and O–H groups in total. The molecular weight excluding hydrogens is 384 g/mol. The fourth-order valence-electron chi connectivity index (χ4n) is 2.33. The molecule has 0 aliphatic carbocycles. The minimum absolute atomic E-state index is 0.146. The third-order valence-electron chi connectivity index (χ3n) is 3.66. The average Bonchev–Trinajstić information content (AvgIpc) is 3.21. The Kier molecular flexibility index (Phi) is 6.06. The fourth-order valence-corrected chi connectivity index (χ4v) is 3.12. The summed E-state index contributed by atoms with van der Waals surface area (Å²) in [5, 5.41) is 2.30. The molecule has 0 atom stereocenters. The Labute approximate surface area is 165 Å². The number of thiophene rings is 1. The molecule has 0 amide bonds. The lowest BCUT2D eigenvalue weighted by Gasteiger charge is -2.09. The van der Waals surface area contributed by atoms with E-state index in [1.54, 1.807) is 36.4 Å². The van der Waals surface area contributed by atoms with E-state index in [1.165, 1.54) is 36.7 Å². The van der Waals surface area contributed by atoms with Crippen LogP contribution in [0.15, 0.2) is 66.1 Å². The third kappa shape index (κ3) is 4.84. The van der Waals surface area contributed by atoms with Gasteiger partial charge in [0.25, 0.3) is 0 Å². The van der Waals surface area contributed by atoms with Crippen LogP contribution in [-0.4, -0.2) is 18.9 Å². The normalized spacial score (nSPS) is 10.7. The predicted molar refractivity (Wildman–Crippen MR) is 107 cm³/mol. The summed E-state index contributed by atoms with van der Waals surface area (Å²) in [5.74, 6) is -0.212. The van der Waals surface area contributed by atoms with Crippen molar-refractivity contribution in [3.05, 3.63) is 87.1 Å². The van der Waals surface area contributed by atoms with Crippen LogP contribution in [0.25, 0.3) is 6.08 Å². The van der Waals surface area contributed by atoms with Gasteiger partial charge >= 0.3 is 5.97 Å². The summed E-state index contributed by atoms with van der Waals surface area (Å²) in [7, 11) is 1.51. The van der Waals surface area contributed by atoms with E-state index in [4.69, 9.17) is 21.1 Å². The van der Waals surface area contributed by atoms with Gasteiger partial charge in [-0.15, -0.1) is 11.3 Å². The molecule has 3 rings (SSSR count). The minimum atomic E-state index is -0.590. The van der Waals surface area contributed by atoms with Gasteiger partial charge in [-0.1, -0.05) is 23.7 Å². The molecule has 0 aliphatic rings. The topological polar surface area (TPSA) is 52.6 Å². The number of hydrogen-bond acceptors (Lipinski definition) is 5. The van der Waals surface area contributed by atoms with Crippen molar-refractivity contribution < 1.29 is 19.1 Å². The maximum absolute atomic E-state index is 12.6. The van der Waals surface area contributed by atoms with Crippen LogP contribution in [0.1, 0.15) is 25.6 Å². The molecule has 0 spiro atoms. The van der Waals surface area contributed by atoms with Crippen molar-refractivity contribution in [2.24, 2.45) is 0 Å². The fraction of sp³-hybridized carbons (Fsp3) is 0.0476. The van der Waals surface area contributed by atoms with Gasteiger partial charge in [0.05, 0.1) is 18.2 Å². The van der Waals surface area contributed by atoms with Crippen LogP contribution < -0.4 is 9.47 Å². The molecule has 0 unspecified atom stereocenters. The molecule has 27 heavy (non-hydrogen) atoms. The van der Waals surface area contributed by atoms with Crippen LogP contribution >= 0.6 is 22.9 Å². The summed E-state index contributed by atoms with van der Waals surface area (Å²) in [5.41, 5.74) is 0.531. The zero-order chi connectivity index (χ0) is 19.2. The van der Waals surface area contributed by atoms with E-state index in [2.05, 4.69) is 0 Å². The molecule has 0 saturated carbocycles. The largest absolute Gasteiger partial charge is 0.497 e. The number of halogens is 1. The Morgan fingerprint density at radius 1 is 1.07 bits per heavy atom. The van der Waals surface area contributed by atoms with Crippen molar-refractivity contribution in [2.75, 3.05) is 7.11 Å². The first kappa shape index (κ1) is 18.9. The molecule has 1 heterocycles. The van der Waals surface area contributed by atoms with Gasteiger partial charge in [-0.05, 0) is 60.0 Å². The summed E-state index contributed by atoms with van der Waals surface area (Å²) in [6, 6.07) is 14.9. The smallest absolute Gasteiger partial charge is 0.343 e. The van der Waals surface area contributed by atoms with Gasteiger partial charge in [-0.3, -0.25) is 4.79 Å². The number of carbonyl (C=O) groups is 2. The Hall–Kier alpha value is -2.89. The predicted octanol–water partition coefficient (Wildman–Crippen LogP) is 5.53. The lowest BCUT2D eigenvalue weighted by molar-refractivity contribution is 0.0732.